The molecule has 7 nitrogen and oxygen atoms in total. The number of nitro benzene ring substituents is 2. The van der Waals surface area contributed by atoms with Gasteiger partial charge in [0.25, 0.3) is 11.4 Å². The van der Waals surface area contributed by atoms with E-state index in [1.165, 1.54) is 18.2 Å². The molecule has 0 bridgehead atoms. The number of unbranched alkanes of at least 4 members (excludes halogenated alkanes) is 1. The number of phenols is 1. The van der Waals surface area contributed by atoms with E-state index < -0.39 is 9.85 Å². The van der Waals surface area contributed by atoms with Gasteiger partial charge in [-0.15, -0.1) is 0 Å². The van der Waals surface area contributed by atoms with Crippen LogP contribution in [-0.2, 0) is 6.42 Å². The van der Waals surface area contributed by atoms with Gasteiger partial charge in [0, 0.05) is 12.1 Å². The molecule has 0 saturated heterocycles. The lowest BCUT2D eigenvalue weighted by Gasteiger charge is -2.02. The van der Waals surface area contributed by atoms with Crippen LogP contribution < -0.4 is 0 Å². The standard InChI is InChI=1S/C10H12N2O4.C6H6O/c1-2-3-5-8-9(11(13)14)6-4-7-10(8)12(15)16;7-6-4-2-1-3-5-6/h4,6-7H,2-3,5H2,1H3;1-5,7H. The van der Waals surface area contributed by atoms with Gasteiger partial charge in [0.1, 0.15) is 11.3 Å². The molecule has 2 aromatic carbocycles. The first-order valence-corrected chi connectivity index (χ1v) is 7.12. The fourth-order valence-electron chi connectivity index (χ4n) is 1.94. The molecule has 0 fully saturated rings. The maximum Gasteiger partial charge on any atom is 0.279 e. The minimum Gasteiger partial charge on any atom is -0.508 e. The summed E-state index contributed by atoms with van der Waals surface area (Å²) in [4.78, 5) is 20.3. The average Bonchev–Trinajstić information content (AvgIpc) is 2.53. The number of phenolic OH excluding ortho intramolecular Hbond substituents is 1. The Kier molecular flexibility index (Phi) is 7.19. The number of hydrogen-bond donors (Lipinski definition) is 1. The van der Waals surface area contributed by atoms with Gasteiger partial charge >= 0.3 is 0 Å². The first-order chi connectivity index (χ1) is 11.0. The van der Waals surface area contributed by atoms with Crippen molar-refractivity contribution < 1.29 is 15.0 Å². The monoisotopic (exact) mass is 318 g/mol. The zero-order chi connectivity index (χ0) is 17.2. The molecule has 0 aliphatic carbocycles. The molecule has 0 aromatic heterocycles. The quantitative estimate of drug-likeness (QED) is 0.655. The first kappa shape index (κ1) is 18.1. The van der Waals surface area contributed by atoms with Crippen molar-refractivity contribution in [1.29, 1.82) is 0 Å². The van der Waals surface area contributed by atoms with Crippen molar-refractivity contribution in [2.45, 2.75) is 26.2 Å². The SMILES string of the molecule is CCCCc1c([N+](=O)[O-])cccc1[N+](=O)[O-].Oc1ccccc1. The molecule has 0 spiro atoms. The molecule has 2 aromatic rings. The first-order valence-electron chi connectivity index (χ1n) is 7.12. The summed E-state index contributed by atoms with van der Waals surface area (Å²) in [5, 5.41) is 30.1. The average molecular weight is 318 g/mol. The van der Waals surface area contributed by atoms with Crippen LogP contribution in [0.15, 0.2) is 48.5 Å². The minimum absolute atomic E-state index is 0.164. The van der Waals surface area contributed by atoms with Crippen LogP contribution >= 0.6 is 0 Å². The van der Waals surface area contributed by atoms with Crippen LogP contribution in [-0.4, -0.2) is 15.0 Å². The Hall–Kier alpha value is -2.96. The summed E-state index contributed by atoms with van der Waals surface area (Å²) < 4.78 is 0. The Morgan fingerprint density at radius 1 is 0.913 bits per heavy atom. The molecule has 7 heteroatoms. The largest absolute Gasteiger partial charge is 0.508 e. The summed E-state index contributed by atoms with van der Waals surface area (Å²) in [5.41, 5.74) is -0.107. The molecule has 0 saturated carbocycles. The highest BCUT2D eigenvalue weighted by Gasteiger charge is 2.23. The third-order valence-corrected chi connectivity index (χ3v) is 3.06. The molecular weight excluding hydrogens is 300 g/mol. The number of rotatable bonds is 5. The van der Waals surface area contributed by atoms with E-state index in [0.717, 1.165) is 6.42 Å². The summed E-state index contributed by atoms with van der Waals surface area (Å²) >= 11 is 0. The van der Waals surface area contributed by atoms with E-state index in [1.54, 1.807) is 24.3 Å². The normalized spacial score (nSPS) is 9.61. The zero-order valence-corrected chi connectivity index (χ0v) is 12.7. The van der Waals surface area contributed by atoms with Crippen molar-refractivity contribution in [2.24, 2.45) is 0 Å². The predicted octanol–water partition coefficient (Wildman–Crippen LogP) is 4.24. The summed E-state index contributed by atoms with van der Waals surface area (Å²) in [6, 6.07) is 12.7. The second-order valence-corrected chi connectivity index (χ2v) is 4.73. The lowest BCUT2D eigenvalue weighted by Crippen LogP contribution is -2.01. The Bertz CT molecular complexity index is 627. The highest BCUT2D eigenvalue weighted by molar-refractivity contribution is 5.53. The van der Waals surface area contributed by atoms with Crippen LogP contribution in [0.3, 0.4) is 0 Å². The number of benzene rings is 2. The van der Waals surface area contributed by atoms with E-state index in [9.17, 15) is 20.2 Å². The summed E-state index contributed by atoms with van der Waals surface area (Å²) in [7, 11) is 0. The second-order valence-electron chi connectivity index (χ2n) is 4.73. The molecule has 0 unspecified atom stereocenters. The molecular formula is C16H18N2O5. The Balaban J connectivity index is 0.000000313. The van der Waals surface area contributed by atoms with Gasteiger partial charge in [-0.25, -0.2) is 0 Å². The molecule has 23 heavy (non-hydrogen) atoms. The van der Waals surface area contributed by atoms with Gasteiger partial charge in [-0.3, -0.25) is 20.2 Å². The van der Waals surface area contributed by atoms with E-state index in [4.69, 9.17) is 5.11 Å². The van der Waals surface area contributed by atoms with E-state index in [1.807, 2.05) is 13.0 Å². The minimum atomic E-state index is -0.571. The van der Waals surface area contributed by atoms with Crippen LogP contribution in [0.4, 0.5) is 11.4 Å². The molecule has 2 rings (SSSR count). The van der Waals surface area contributed by atoms with Gasteiger partial charge < -0.3 is 5.11 Å². The van der Waals surface area contributed by atoms with Crippen LogP contribution in [0, 0.1) is 20.2 Å². The van der Waals surface area contributed by atoms with Gasteiger partial charge in [0.15, 0.2) is 0 Å². The number of aromatic hydroxyl groups is 1. The van der Waals surface area contributed by atoms with Crippen LogP contribution in [0.5, 0.6) is 5.75 Å². The van der Waals surface area contributed by atoms with E-state index in [2.05, 4.69) is 0 Å². The second kappa shape index (κ2) is 9.14. The zero-order valence-electron chi connectivity index (χ0n) is 12.7. The third kappa shape index (κ3) is 5.74. The highest BCUT2D eigenvalue weighted by Crippen LogP contribution is 2.29. The summed E-state index contributed by atoms with van der Waals surface area (Å²) in [5.74, 6) is 0.322. The van der Waals surface area contributed by atoms with Crippen molar-refractivity contribution in [3.63, 3.8) is 0 Å². The molecule has 1 N–H and O–H groups in total. The van der Waals surface area contributed by atoms with Crippen LogP contribution in [0.25, 0.3) is 0 Å². The molecule has 0 aliphatic rings. The Labute approximate surface area is 133 Å². The molecule has 0 amide bonds. The van der Waals surface area contributed by atoms with Crippen LogP contribution in [0.1, 0.15) is 25.3 Å². The number of hydrogen-bond acceptors (Lipinski definition) is 5. The number of nitro groups is 2. The van der Waals surface area contributed by atoms with Crippen molar-refractivity contribution in [3.05, 3.63) is 74.3 Å². The van der Waals surface area contributed by atoms with Crippen molar-refractivity contribution >= 4 is 11.4 Å². The lowest BCUT2D eigenvalue weighted by atomic mass is 10.0. The van der Waals surface area contributed by atoms with Crippen molar-refractivity contribution in [3.8, 4) is 5.75 Å². The van der Waals surface area contributed by atoms with E-state index in [0.29, 0.717) is 18.6 Å². The van der Waals surface area contributed by atoms with Gasteiger partial charge in [0.05, 0.1) is 9.85 Å². The van der Waals surface area contributed by atoms with E-state index >= 15 is 0 Å². The maximum absolute atomic E-state index is 10.7. The molecule has 0 atom stereocenters. The van der Waals surface area contributed by atoms with E-state index in [-0.39, 0.29) is 16.9 Å². The van der Waals surface area contributed by atoms with Crippen molar-refractivity contribution in [2.75, 3.05) is 0 Å². The molecule has 0 aliphatic heterocycles. The summed E-state index contributed by atoms with van der Waals surface area (Å²) in [6.07, 6.45) is 1.90. The highest BCUT2D eigenvalue weighted by atomic mass is 16.6. The number of para-hydroxylation sites is 1. The van der Waals surface area contributed by atoms with Crippen LogP contribution in [0.2, 0.25) is 0 Å². The predicted molar refractivity (Wildman–Crippen MR) is 86.5 cm³/mol. The maximum atomic E-state index is 10.7. The fraction of sp³-hybridized carbons (Fsp3) is 0.250. The Morgan fingerprint density at radius 3 is 1.78 bits per heavy atom. The lowest BCUT2D eigenvalue weighted by molar-refractivity contribution is -0.395. The molecule has 122 valence electrons. The van der Waals surface area contributed by atoms with Crippen molar-refractivity contribution in [1.82, 2.24) is 0 Å². The van der Waals surface area contributed by atoms with Gasteiger partial charge in [-0.05, 0) is 31.0 Å². The topological polar surface area (TPSA) is 107 Å². The summed E-state index contributed by atoms with van der Waals surface area (Å²) in [6.45, 7) is 1.93. The Morgan fingerprint density at radius 2 is 1.43 bits per heavy atom. The van der Waals surface area contributed by atoms with Gasteiger partial charge in [0.2, 0.25) is 0 Å². The molecule has 0 radical (unpaired) electrons. The number of nitrogens with zero attached hydrogens (tertiary/aromatic N) is 2. The third-order valence-electron chi connectivity index (χ3n) is 3.06. The van der Waals surface area contributed by atoms with Gasteiger partial charge in [-0.2, -0.15) is 0 Å². The smallest absolute Gasteiger partial charge is 0.279 e. The van der Waals surface area contributed by atoms with Gasteiger partial charge in [-0.1, -0.05) is 31.5 Å². The molecule has 0 heterocycles. The fourth-order valence-corrected chi connectivity index (χ4v) is 1.94.